The topological polar surface area (TPSA) is 23.6 Å². The van der Waals surface area contributed by atoms with E-state index in [4.69, 9.17) is 0 Å². The Balaban J connectivity index is 0. The van der Waals surface area contributed by atoms with Gasteiger partial charge in [0.15, 0.2) is 0 Å². The molecule has 0 unspecified atom stereocenters. The van der Waals surface area contributed by atoms with Crippen molar-refractivity contribution in [1.82, 2.24) is 9.80 Å². The van der Waals surface area contributed by atoms with E-state index in [1.54, 1.807) is 23.9 Å². The lowest BCUT2D eigenvalue weighted by Crippen LogP contribution is -2.47. The molecule has 0 N–H and O–H groups in total. The van der Waals surface area contributed by atoms with Crippen LogP contribution < -0.4 is 0 Å². The fourth-order valence-electron chi connectivity index (χ4n) is 0.587. The predicted octanol–water partition coefficient (Wildman–Crippen LogP) is 2.42. The summed E-state index contributed by atoms with van der Waals surface area (Å²) in [6.45, 7) is 10.0. The van der Waals surface area contributed by atoms with E-state index in [0.717, 1.165) is 0 Å². The average Bonchev–Trinajstić information content (AvgIpc) is 2.03. The minimum Gasteiger partial charge on any atom is -0.331 e. The van der Waals surface area contributed by atoms with Crippen LogP contribution in [-0.2, 0) is 0 Å². The highest BCUT2D eigenvalue weighted by Gasteiger charge is 2.22. The summed E-state index contributed by atoms with van der Waals surface area (Å²) in [4.78, 5) is 14.6. The first-order valence-electron chi connectivity index (χ1n) is 4.72. The van der Waals surface area contributed by atoms with Crippen molar-refractivity contribution in [1.29, 1.82) is 0 Å². The summed E-state index contributed by atoms with van der Waals surface area (Å²) < 4.78 is 0. The summed E-state index contributed by atoms with van der Waals surface area (Å²) in [5.74, 6) is 0. The number of carbonyl (C=O) groups is 1. The quantitative estimate of drug-likeness (QED) is 0.572. The minimum absolute atomic E-state index is 0.0394. The Hall–Kier alpha value is -0.730. The van der Waals surface area contributed by atoms with Gasteiger partial charge in [-0.1, -0.05) is 13.8 Å². The standard InChI is InChI=1S/C8H18N2O.C2H6/c1-8(2,3)10(6)7(11)9(4)5;1-2/h1-6H3;1-2H3. The molecule has 0 bridgehead atoms. The number of amides is 2. The number of carbonyl (C=O) groups excluding carboxylic acids is 1. The minimum atomic E-state index is -0.0959. The highest BCUT2D eigenvalue weighted by Crippen LogP contribution is 2.11. The van der Waals surface area contributed by atoms with Crippen LogP contribution >= 0.6 is 0 Å². The molecule has 0 radical (unpaired) electrons. The third-order valence-electron chi connectivity index (χ3n) is 1.68. The Bertz CT molecular complexity index is 147. The molecule has 2 amide bonds. The second kappa shape index (κ2) is 5.84. The maximum Gasteiger partial charge on any atom is 0.319 e. The van der Waals surface area contributed by atoms with Crippen molar-refractivity contribution in [2.45, 2.75) is 40.2 Å². The van der Waals surface area contributed by atoms with Crippen LogP contribution in [0.4, 0.5) is 4.79 Å². The second-order valence-electron chi connectivity index (χ2n) is 3.91. The van der Waals surface area contributed by atoms with Crippen molar-refractivity contribution < 1.29 is 4.79 Å². The zero-order valence-corrected chi connectivity index (χ0v) is 10.3. The molecule has 0 heterocycles. The second-order valence-corrected chi connectivity index (χ2v) is 3.91. The summed E-state index contributed by atoms with van der Waals surface area (Å²) in [5, 5.41) is 0. The molecular weight excluding hydrogens is 164 g/mol. The molecule has 0 saturated carbocycles. The molecule has 0 atom stereocenters. The molecule has 0 spiro atoms. The summed E-state index contributed by atoms with van der Waals surface area (Å²) in [5.41, 5.74) is -0.0959. The van der Waals surface area contributed by atoms with Crippen molar-refractivity contribution in [2.24, 2.45) is 0 Å². The van der Waals surface area contributed by atoms with Gasteiger partial charge in [0.25, 0.3) is 0 Å². The Morgan fingerprint density at radius 2 is 1.31 bits per heavy atom. The molecule has 3 nitrogen and oxygen atoms in total. The van der Waals surface area contributed by atoms with Crippen molar-refractivity contribution >= 4 is 6.03 Å². The molecule has 3 heteroatoms. The summed E-state index contributed by atoms with van der Waals surface area (Å²) in [6, 6.07) is 0.0394. The third kappa shape index (κ3) is 5.50. The van der Waals surface area contributed by atoms with Crippen molar-refractivity contribution in [3.05, 3.63) is 0 Å². The van der Waals surface area contributed by atoms with E-state index >= 15 is 0 Å². The maximum absolute atomic E-state index is 11.3. The smallest absolute Gasteiger partial charge is 0.319 e. The van der Waals surface area contributed by atoms with E-state index in [0.29, 0.717) is 0 Å². The molecule has 0 aromatic carbocycles. The van der Waals surface area contributed by atoms with Gasteiger partial charge < -0.3 is 9.80 Å². The van der Waals surface area contributed by atoms with Crippen LogP contribution in [-0.4, -0.2) is 42.5 Å². The molecular formula is C10H24N2O. The Labute approximate surface area is 82.7 Å². The Morgan fingerprint density at radius 3 is 1.38 bits per heavy atom. The van der Waals surface area contributed by atoms with E-state index in [9.17, 15) is 4.79 Å². The summed E-state index contributed by atoms with van der Waals surface area (Å²) >= 11 is 0. The molecule has 0 saturated heterocycles. The van der Waals surface area contributed by atoms with Gasteiger partial charge in [-0.05, 0) is 20.8 Å². The average molecular weight is 188 g/mol. The molecule has 0 aromatic heterocycles. The fourth-order valence-corrected chi connectivity index (χ4v) is 0.587. The maximum atomic E-state index is 11.3. The van der Waals surface area contributed by atoms with Crippen molar-refractivity contribution in [3.8, 4) is 0 Å². The fraction of sp³-hybridized carbons (Fsp3) is 0.900. The first-order chi connectivity index (χ1) is 5.76. The van der Waals surface area contributed by atoms with Crippen LogP contribution in [0.3, 0.4) is 0 Å². The van der Waals surface area contributed by atoms with Gasteiger partial charge in [-0.15, -0.1) is 0 Å². The van der Waals surface area contributed by atoms with Crippen LogP contribution in [0, 0.1) is 0 Å². The van der Waals surface area contributed by atoms with E-state index in [1.165, 1.54) is 0 Å². The van der Waals surface area contributed by atoms with Gasteiger partial charge in [-0.25, -0.2) is 4.79 Å². The molecule has 0 fully saturated rings. The third-order valence-corrected chi connectivity index (χ3v) is 1.68. The van der Waals surface area contributed by atoms with Gasteiger partial charge in [-0.3, -0.25) is 0 Å². The largest absolute Gasteiger partial charge is 0.331 e. The highest BCUT2D eigenvalue weighted by molar-refractivity contribution is 5.74. The lowest BCUT2D eigenvalue weighted by atomic mass is 10.1. The SMILES string of the molecule is CC.CN(C)C(=O)N(C)C(C)(C)C. The van der Waals surface area contributed by atoms with E-state index < -0.39 is 0 Å². The van der Waals surface area contributed by atoms with Crippen LogP contribution in [0.2, 0.25) is 0 Å². The molecule has 0 aromatic rings. The first kappa shape index (κ1) is 14.8. The van der Waals surface area contributed by atoms with E-state index in [-0.39, 0.29) is 11.6 Å². The van der Waals surface area contributed by atoms with Gasteiger partial charge in [0.1, 0.15) is 0 Å². The van der Waals surface area contributed by atoms with Gasteiger partial charge in [-0.2, -0.15) is 0 Å². The molecule has 0 rings (SSSR count). The van der Waals surface area contributed by atoms with Crippen LogP contribution in [0.1, 0.15) is 34.6 Å². The molecule has 13 heavy (non-hydrogen) atoms. The number of hydrogen-bond acceptors (Lipinski definition) is 1. The normalized spacial score (nSPS) is 9.85. The molecule has 0 aliphatic carbocycles. The monoisotopic (exact) mass is 188 g/mol. The predicted molar refractivity (Wildman–Crippen MR) is 57.9 cm³/mol. The summed E-state index contributed by atoms with van der Waals surface area (Å²) in [6.07, 6.45) is 0. The van der Waals surface area contributed by atoms with Crippen LogP contribution in [0.5, 0.6) is 0 Å². The van der Waals surface area contributed by atoms with E-state index in [1.807, 2.05) is 41.7 Å². The van der Waals surface area contributed by atoms with E-state index in [2.05, 4.69) is 0 Å². The molecule has 0 aliphatic heterocycles. The van der Waals surface area contributed by atoms with Crippen molar-refractivity contribution in [3.63, 3.8) is 0 Å². The zero-order valence-electron chi connectivity index (χ0n) is 10.3. The van der Waals surface area contributed by atoms with Crippen LogP contribution in [0.25, 0.3) is 0 Å². The zero-order chi connectivity index (χ0) is 11.2. The van der Waals surface area contributed by atoms with Gasteiger partial charge in [0, 0.05) is 26.7 Å². The molecule has 0 aliphatic rings. The van der Waals surface area contributed by atoms with Crippen LogP contribution in [0.15, 0.2) is 0 Å². The number of hydrogen-bond donors (Lipinski definition) is 0. The highest BCUT2D eigenvalue weighted by atomic mass is 16.2. The Morgan fingerprint density at radius 1 is 1.00 bits per heavy atom. The lowest BCUT2D eigenvalue weighted by Gasteiger charge is -2.33. The number of rotatable bonds is 0. The van der Waals surface area contributed by atoms with Gasteiger partial charge in [0.2, 0.25) is 0 Å². The lowest BCUT2D eigenvalue weighted by molar-refractivity contribution is 0.141. The first-order valence-corrected chi connectivity index (χ1v) is 4.72. The Kier molecular flexibility index (Phi) is 6.63. The van der Waals surface area contributed by atoms with Gasteiger partial charge in [0.05, 0.1) is 0 Å². The molecule has 80 valence electrons. The summed E-state index contributed by atoms with van der Waals surface area (Å²) in [7, 11) is 5.32. The number of urea groups is 1. The van der Waals surface area contributed by atoms with Gasteiger partial charge >= 0.3 is 6.03 Å². The number of nitrogens with zero attached hydrogens (tertiary/aromatic N) is 2. The van der Waals surface area contributed by atoms with Crippen molar-refractivity contribution in [2.75, 3.05) is 21.1 Å².